The van der Waals surface area contributed by atoms with Crippen LogP contribution in [0.5, 0.6) is 0 Å². The molecule has 0 aliphatic rings. The van der Waals surface area contributed by atoms with Gasteiger partial charge in [0.05, 0.1) is 5.56 Å². The fourth-order valence-electron chi connectivity index (χ4n) is 4.10. The predicted octanol–water partition coefficient (Wildman–Crippen LogP) is 4.57. The number of hydroxylamine groups is 1. The van der Waals surface area contributed by atoms with E-state index in [1.807, 2.05) is 0 Å². The van der Waals surface area contributed by atoms with Gasteiger partial charge in [-0.2, -0.15) is 0 Å². The van der Waals surface area contributed by atoms with E-state index in [1.54, 1.807) is 80.0 Å². The van der Waals surface area contributed by atoms with Crippen LogP contribution in [0, 0.1) is 35.0 Å². The molecule has 0 heterocycles. The van der Waals surface area contributed by atoms with Crippen molar-refractivity contribution in [2.45, 2.75) is 52.0 Å². The second-order valence-corrected chi connectivity index (χ2v) is 10.3. The number of carbonyl (C=O) groups excluding carboxylic acids is 4. The van der Waals surface area contributed by atoms with Crippen LogP contribution in [0.4, 0.5) is 26.7 Å². The standard InChI is InChI=1S/C31H30F5N3O6/c1-17(2)13-22(38-31(43)44-15-19-11-7-4-8-12-19)29(41)37-21(14-18-9-5-3-6-10-18)28(40)30(42)39-45-16-20-23(32)25(34)27(36)26(35)24(20)33/h3-12,17,21-22H,13-16H2,1-2H3,(H,37,41)(H,38,43)(H,39,42)/t21-,22-/m0/s1. The zero-order valence-electron chi connectivity index (χ0n) is 24.2. The number of halogens is 5. The van der Waals surface area contributed by atoms with Crippen molar-refractivity contribution in [3.05, 3.63) is 106 Å². The normalized spacial score (nSPS) is 12.3. The largest absolute Gasteiger partial charge is 0.445 e. The van der Waals surface area contributed by atoms with Crippen molar-refractivity contribution in [2.24, 2.45) is 5.92 Å². The summed E-state index contributed by atoms with van der Waals surface area (Å²) in [5.41, 5.74) is 1.46. The quantitative estimate of drug-likeness (QED) is 0.0785. The van der Waals surface area contributed by atoms with Gasteiger partial charge in [-0.15, -0.1) is 0 Å². The molecule has 2 atom stereocenters. The number of ketones is 1. The number of alkyl carbamates (subject to hydrolysis) is 1. The lowest BCUT2D eigenvalue weighted by Gasteiger charge is -2.23. The second-order valence-electron chi connectivity index (χ2n) is 10.3. The number of hydrogen-bond acceptors (Lipinski definition) is 6. The summed E-state index contributed by atoms with van der Waals surface area (Å²) in [5.74, 6) is -14.8. The molecule has 0 saturated heterocycles. The average Bonchev–Trinajstić information content (AvgIpc) is 3.03. The monoisotopic (exact) mass is 635 g/mol. The Morgan fingerprint density at radius 1 is 0.689 bits per heavy atom. The molecule has 3 aromatic carbocycles. The molecule has 0 spiro atoms. The molecule has 9 nitrogen and oxygen atoms in total. The van der Waals surface area contributed by atoms with Crippen LogP contribution in [0.15, 0.2) is 60.7 Å². The Labute approximate surface area is 255 Å². The molecule has 0 aliphatic heterocycles. The maximum Gasteiger partial charge on any atom is 0.408 e. The first-order valence-electron chi connectivity index (χ1n) is 13.7. The van der Waals surface area contributed by atoms with Gasteiger partial charge < -0.3 is 15.4 Å². The molecule has 0 radical (unpaired) electrons. The highest BCUT2D eigenvalue weighted by Gasteiger charge is 2.32. The maximum absolute atomic E-state index is 13.9. The molecule has 0 saturated carbocycles. The van der Waals surface area contributed by atoms with Crippen molar-refractivity contribution in [1.82, 2.24) is 16.1 Å². The van der Waals surface area contributed by atoms with Gasteiger partial charge in [0.25, 0.3) is 0 Å². The minimum absolute atomic E-state index is 0.0665. The summed E-state index contributed by atoms with van der Waals surface area (Å²) >= 11 is 0. The van der Waals surface area contributed by atoms with E-state index in [2.05, 4.69) is 15.5 Å². The van der Waals surface area contributed by atoms with Crippen LogP contribution >= 0.6 is 0 Å². The van der Waals surface area contributed by atoms with Crippen LogP contribution in [-0.4, -0.2) is 35.8 Å². The topological polar surface area (TPSA) is 123 Å². The number of carbonyl (C=O) groups is 4. The maximum atomic E-state index is 13.9. The number of amides is 3. The van der Waals surface area contributed by atoms with E-state index in [0.29, 0.717) is 11.1 Å². The summed E-state index contributed by atoms with van der Waals surface area (Å²) in [6, 6.07) is 14.3. The van der Waals surface area contributed by atoms with Gasteiger partial charge in [-0.1, -0.05) is 74.5 Å². The Bertz CT molecular complexity index is 1480. The lowest BCUT2D eigenvalue weighted by molar-refractivity contribution is -0.148. The van der Waals surface area contributed by atoms with Gasteiger partial charge in [0.15, 0.2) is 23.3 Å². The highest BCUT2D eigenvalue weighted by Crippen LogP contribution is 2.23. The molecular formula is C31H30F5N3O6. The van der Waals surface area contributed by atoms with E-state index in [4.69, 9.17) is 4.74 Å². The van der Waals surface area contributed by atoms with Gasteiger partial charge >= 0.3 is 12.0 Å². The van der Waals surface area contributed by atoms with Crippen LogP contribution in [0.2, 0.25) is 0 Å². The van der Waals surface area contributed by atoms with Gasteiger partial charge in [0, 0.05) is 6.42 Å². The fourth-order valence-corrected chi connectivity index (χ4v) is 4.10. The highest BCUT2D eigenvalue weighted by molar-refractivity contribution is 6.38. The van der Waals surface area contributed by atoms with E-state index < -0.39 is 77.0 Å². The third-order valence-electron chi connectivity index (χ3n) is 6.35. The van der Waals surface area contributed by atoms with Gasteiger partial charge in [0.2, 0.25) is 17.5 Å². The first-order chi connectivity index (χ1) is 21.4. The summed E-state index contributed by atoms with van der Waals surface area (Å²) in [6.45, 7) is 2.20. The predicted molar refractivity (Wildman–Crippen MR) is 149 cm³/mol. The van der Waals surface area contributed by atoms with Gasteiger partial charge in [0.1, 0.15) is 25.3 Å². The highest BCUT2D eigenvalue weighted by atomic mass is 19.2. The van der Waals surface area contributed by atoms with Crippen LogP contribution in [0.1, 0.15) is 37.0 Å². The van der Waals surface area contributed by atoms with Crippen molar-refractivity contribution in [1.29, 1.82) is 0 Å². The second kappa shape index (κ2) is 16.3. The number of benzene rings is 3. The van der Waals surface area contributed by atoms with Crippen molar-refractivity contribution in [2.75, 3.05) is 0 Å². The lowest BCUT2D eigenvalue weighted by Crippen LogP contribution is -2.54. The summed E-state index contributed by atoms with van der Waals surface area (Å²) in [7, 11) is 0. The molecule has 0 fully saturated rings. The van der Waals surface area contributed by atoms with Gasteiger partial charge in [-0.3, -0.25) is 19.2 Å². The lowest BCUT2D eigenvalue weighted by atomic mass is 9.99. The van der Waals surface area contributed by atoms with E-state index in [9.17, 15) is 41.1 Å². The van der Waals surface area contributed by atoms with Crippen molar-refractivity contribution in [3.8, 4) is 0 Å². The third kappa shape index (κ3) is 9.83. The summed E-state index contributed by atoms with van der Waals surface area (Å²) in [6.07, 6.45) is -0.955. The SMILES string of the molecule is CC(C)C[C@H](NC(=O)OCc1ccccc1)C(=O)N[C@@H](Cc1ccccc1)C(=O)C(=O)NOCc1c(F)c(F)c(F)c(F)c1F. The Balaban J connectivity index is 1.71. The first kappa shape index (κ1) is 34.6. The molecule has 0 aliphatic carbocycles. The molecule has 3 aromatic rings. The average molecular weight is 636 g/mol. The molecule has 3 amide bonds. The number of nitrogens with one attached hydrogen (secondary N) is 3. The molecule has 45 heavy (non-hydrogen) atoms. The Hall–Kier alpha value is -4.85. The molecule has 14 heteroatoms. The summed E-state index contributed by atoms with van der Waals surface area (Å²) in [4.78, 5) is 56.1. The Kier molecular flexibility index (Phi) is 12.5. The van der Waals surface area contributed by atoms with E-state index in [-0.39, 0.29) is 25.4 Å². The number of rotatable bonds is 14. The first-order valence-corrected chi connectivity index (χ1v) is 13.7. The van der Waals surface area contributed by atoms with Crippen molar-refractivity contribution >= 4 is 23.7 Å². The molecule has 3 N–H and O–H groups in total. The number of Topliss-reactive ketones (excluding diaryl/α,β-unsaturated/α-hetero) is 1. The number of ether oxygens (including phenoxy) is 1. The summed E-state index contributed by atoms with van der Waals surface area (Å²) < 4.78 is 73.3. The van der Waals surface area contributed by atoms with Crippen molar-refractivity contribution in [3.63, 3.8) is 0 Å². The Morgan fingerprint density at radius 3 is 1.78 bits per heavy atom. The van der Waals surface area contributed by atoms with Crippen molar-refractivity contribution < 1.29 is 50.7 Å². The zero-order chi connectivity index (χ0) is 33.1. The summed E-state index contributed by atoms with van der Waals surface area (Å²) in [5, 5.41) is 4.91. The molecule has 0 unspecified atom stereocenters. The molecule has 240 valence electrons. The number of hydrogen-bond donors (Lipinski definition) is 3. The van der Waals surface area contributed by atoms with Crippen LogP contribution in [-0.2, 0) is 43.6 Å². The van der Waals surface area contributed by atoms with Crippen LogP contribution in [0.3, 0.4) is 0 Å². The van der Waals surface area contributed by atoms with Gasteiger partial charge in [-0.05, 0) is 23.5 Å². The molecular weight excluding hydrogens is 605 g/mol. The minimum Gasteiger partial charge on any atom is -0.445 e. The van der Waals surface area contributed by atoms with E-state index >= 15 is 0 Å². The van der Waals surface area contributed by atoms with Crippen LogP contribution < -0.4 is 16.1 Å². The molecule has 3 rings (SSSR count). The smallest absolute Gasteiger partial charge is 0.408 e. The molecule has 0 aromatic heterocycles. The van der Waals surface area contributed by atoms with E-state index in [1.165, 1.54) is 0 Å². The van der Waals surface area contributed by atoms with Crippen LogP contribution in [0.25, 0.3) is 0 Å². The zero-order valence-corrected chi connectivity index (χ0v) is 24.2. The Morgan fingerprint density at radius 2 is 1.22 bits per heavy atom. The molecule has 0 bridgehead atoms. The van der Waals surface area contributed by atoms with E-state index in [0.717, 1.165) is 0 Å². The third-order valence-corrected chi connectivity index (χ3v) is 6.35. The minimum atomic E-state index is -2.37. The fraction of sp³-hybridized carbons (Fsp3) is 0.290. The van der Waals surface area contributed by atoms with Gasteiger partial charge in [-0.25, -0.2) is 32.2 Å².